The van der Waals surface area contributed by atoms with Gasteiger partial charge in [0.2, 0.25) is 0 Å². The smallest absolute Gasteiger partial charge is 0.420 e. The van der Waals surface area contributed by atoms with E-state index < -0.39 is 0 Å². The Morgan fingerprint density at radius 1 is 0.692 bits per heavy atom. The maximum absolute atomic E-state index is 12.0. The van der Waals surface area contributed by atoms with Crippen LogP contribution in [0.15, 0.2) is 103 Å². The first-order valence-electron chi connectivity index (χ1n) is 12.4. The lowest BCUT2D eigenvalue weighted by atomic mass is 10.2. The molecule has 39 heavy (non-hydrogen) atoms. The summed E-state index contributed by atoms with van der Waals surface area (Å²) in [4.78, 5) is 23.8. The van der Waals surface area contributed by atoms with E-state index in [2.05, 4.69) is 0 Å². The summed E-state index contributed by atoms with van der Waals surface area (Å²) in [7, 11) is 1.63. The fraction of sp³-hybridized carbons (Fsp3) is 0.161. The fourth-order valence-electron chi connectivity index (χ4n) is 4.43. The van der Waals surface area contributed by atoms with Gasteiger partial charge in [0.25, 0.3) is 0 Å². The Kier molecular flexibility index (Phi) is 7.10. The number of rotatable bonds is 5. The molecule has 0 spiro atoms. The second-order valence-electron chi connectivity index (χ2n) is 9.37. The Morgan fingerprint density at radius 3 is 1.72 bits per heavy atom. The maximum Gasteiger partial charge on any atom is 0.420 e. The molecule has 0 bridgehead atoms. The first-order chi connectivity index (χ1) is 18.8. The number of oxazole rings is 2. The highest BCUT2D eigenvalue weighted by atomic mass is 16.5. The molecule has 198 valence electrons. The minimum atomic E-state index is -0.385. The van der Waals surface area contributed by atoms with Gasteiger partial charge in [0.15, 0.2) is 11.2 Å². The van der Waals surface area contributed by atoms with E-state index >= 15 is 0 Å². The summed E-state index contributed by atoms with van der Waals surface area (Å²) >= 11 is 0. The van der Waals surface area contributed by atoms with Gasteiger partial charge in [0.05, 0.1) is 31.2 Å². The summed E-state index contributed by atoms with van der Waals surface area (Å²) in [5.41, 5.74) is 6.79. The molecule has 0 saturated carbocycles. The van der Waals surface area contributed by atoms with Crippen LogP contribution < -0.4 is 16.2 Å². The SMILES string of the molecule is COc1cccc(Cn2c(=O)oc3ccc(C)cc32)c1.Cc1ccc2oc(=O)n(Cc3cccc(O)c3)c2c1. The zero-order chi connectivity index (χ0) is 27.5. The van der Waals surface area contributed by atoms with Gasteiger partial charge in [-0.2, -0.15) is 0 Å². The first kappa shape index (κ1) is 25.7. The van der Waals surface area contributed by atoms with Crippen LogP contribution in [0, 0.1) is 13.8 Å². The molecule has 2 heterocycles. The Balaban J connectivity index is 0.000000158. The molecular weight excluding hydrogens is 496 g/mol. The molecule has 8 heteroatoms. The zero-order valence-corrected chi connectivity index (χ0v) is 21.9. The van der Waals surface area contributed by atoms with Crippen molar-refractivity contribution in [3.8, 4) is 11.5 Å². The molecule has 0 unspecified atom stereocenters. The van der Waals surface area contributed by atoms with Crippen molar-refractivity contribution in [3.63, 3.8) is 0 Å². The van der Waals surface area contributed by atoms with E-state index in [9.17, 15) is 14.7 Å². The van der Waals surface area contributed by atoms with Crippen molar-refractivity contribution in [2.75, 3.05) is 7.11 Å². The van der Waals surface area contributed by atoms with E-state index in [-0.39, 0.29) is 17.3 Å². The molecule has 1 N–H and O–H groups in total. The minimum Gasteiger partial charge on any atom is -0.508 e. The largest absolute Gasteiger partial charge is 0.508 e. The number of nitrogens with zero attached hydrogens (tertiary/aromatic N) is 2. The highest BCUT2D eigenvalue weighted by Crippen LogP contribution is 2.19. The van der Waals surface area contributed by atoms with Crippen LogP contribution in [-0.4, -0.2) is 21.4 Å². The number of aromatic hydroxyl groups is 1. The average Bonchev–Trinajstić information content (AvgIpc) is 3.39. The molecular formula is C31H28N2O6. The lowest BCUT2D eigenvalue weighted by molar-refractivity contribution is 0.414. The van der Waals surface area contributed by atoms with E-state index in [1.807, 2.05) is 74.5 Å². The number of aromatic nitrogens is 2. The molecule has 4 aromatic carbocycles. The van der Waals surface area contributed by atoms with Crippen molar-refractivity contribution >= 4 is 22.2 Å². The van der Waals surface area contributed by atoms with Crippen LogP contribution in [0.1, 0.15) is 22.3 Å². The number of hydrogen-bond donors (Lipinski definition) is 1. The van der Waals surface area contributed by atoms with Gasteiger partial charge >= 0.3 is 11.5 Å². The van der Waals surface area contributed by atoms with Crippen molar-refractivity contribution in [3.05, 3.63) is 128 Å². The van der Waals surface area contributed by atoms with Gasteiger partial charge in [-0.25, -0.2) is 9.59 Å². The molecule has 6 rings (SSSR count). The molecule has 6 aromatic rings. The van der Waals surface area contributed by atoms with Gasteiger partial charge in [-0.15, -0.1) is 0 Å². The van der Waals surface area contributed by atoms with Crippen molar-refractivity contribution in [2.45, 2.75) is 26.9 Å². The molecule has 8 nitrogen and oxygen atoms in total. The van der Waals surface area contributed by atoms with Crippen molar-refractivity contribution in [1.29, 1.82) is 0 Å². The fourth-order valence-corrected chi connectivity index (χ4v) is 4.43. The summed E-state index contributed by atoms with van der Waals surface area (Å²) in [6.07, 6.45) is 0. The number of phenolic OH excluding ortho intramolecular Hbond substituents is 1. The summed E-state index contributed by atoms with van der Waals surface area (Å²) in [5, 5.41) is 9.46. The second-order valence-corrected chi connectivity index (χ2v) is 9.37. The van der Waals surface area contributed by atoms with Crippen LogP contribution >= 0.6 is 0 Å². The highest BCUT2D eigenvalue weighted by Gasteiger charge is 2.11. The van der Waals surface area contributed by atoms with Gasteiger partial charge in [-0.3, -0.25) is 9.13 Å². The number of methoxy groups -OCH3 is 1. The molecule has 0 saturated heterocycles. The number of aryl methyl sites for hydroxylation is 2. The lowest BCUT2D eigenvalue weighted by Gasteiger charge is -2.05. The van der Waals surface area contributed by atoms with Crippen LogP contribution in [0.4, 0.5) is 0 Å². The van der Waals surface area contributed by atoms with Crippen LogP contribution in [0.5, 0.6) is 11.5 Å². The number of phenols is 1. The Labute approximate surface area is 223 Å². The van der Waals surface area contributed by atoms with E-state index in [0.717, 1.165) is 39.0 Å². The average molecular weight is 525 g/mol. The quantitative estimate of drug-likeness (QED) is 0.314. The third-order valence-corrected chi connectivity index (χ3v) is 6.37. The lowest BCUT2D eigenvalue weighted by Crippen LogP contribution is -2.14. The normalized spacial score (nSPS) is 10.9. The van der Waals surface area contributed by atoms with Crippen LogP contribution in [0.3, 0.4) is 0 Å². The van der Waals surface area contributed by atoms with Crippen LogP contribution in [0.2, 0.25) is 0 Å². The first-order valence-corrected chi connectivity index (χ1v) is 12.4. The Bertz CT molecular complexity index is 1890. The number of benzene rings is 4. The van der Waals surface area contributed by atoms with E-state index in [4.69, 9.17) is 13.6 Å². The summed E-state index contributed by atoms with van der Waals surface area (Å²) in [5.74, 6) is 0.242. The topological polar surface area (TPSA) is 99.7 Å². The van der Waals surface area contributed by atoms with Gasteiger partial charge < -0.3 is 18.7 Å². The predicted octanol–water partition coefficient (Wildman–Crippen LogP) is 5.62. The van der Waals surface area contributed by atoms with Gasteiger partial charge in [0.1, 0.15) is 11.5 Å². The Hall–Kier alpha value is -4.98. The standard InChI is InChI=1S/C16H15NO3.C15H13NO3/c1-11-6-7-15-14(8-11)17(16(18)20-15)10-12-4-3-5-13(9-12)19-2;1-10-5-6-14-13(7-10)16(15(18)19-14)9-11-3-2-4-12(17)8-11/h3-9H,10H2,1-2H3;2-8,17H,9H2,1H3. The number of hydrogen-bond acceptors (Lipinski definition) is 6. The van der Waals surface area contributed by atoms with E-state index in [1.54, 1.807) is 40.5 Å². The van der Waals surface area contributed by atoms with Crippen LogP contribution in [0.25, 0.3) is 22.2 Å². The zero-order valence-electron chi connectivity index (χ0n) is 21.9. The third-order valence-electron chi connectivity index (χ3n) is 6.37. The van der Waals surface area contributed by atoms with E-state index in [1.165, 1.54) is 0 Å². The van der Waals surface area contributed by atoms with Gasteiger partial charge in [0, 0.05) is 0 Å². The van der Waals surface area contributed by atoms with Gasteiger partial charge in [-0.05, 0) is 84.6 Å². The van der Waals surface area contributed by atoms with Crippen molar-refractivity contribution < 1.29 is 18.7 Å². The molecule has 0 fully saturated rings. The second kappa shape index (κ2) is 10.8. The summed E-state index contributed by atoms with van der Waals surface area (Å²) < 4.78 is 18.9. The van der Waals surface area contributed by atoms with E-state index in [0.29, 0.717) is 24.3 Å². The Morgan fingerprint density at radius 2 is 1.21 bits per heavy atom. The van der Waals surface area contributed by atoms with Crippen LogP contribution in [-0.2, 0) is 13.1 Å². The monoisotopic (exact) mass is 524 g/mol. The minimum absolute atomic E-state index is 0.189. The molecule has 2 aromatic heterocycles. The molecule has 0 aliphatic rings. The van der Waals surface area contributed by atoms with Crippen molar-refractivity contribution in [2.24, 2.45) is 0 Å². The highest BCUT2D eigenvalue weighted by molar-refractivity contribution is 5.74. The summed E-state index contributed by atoms with van der Waals surface area (Å²) in [6, 6.07) is 25.9. The van der Waals surface area contributed by atoms with Crippen molar-refractivity contribution in [1.82, 2.24) is 9.13 Å². The molecule has 0 atom stereocenters. The summed E-state index contributed by atoms with van der Waals surface area (Å²) in [6.45, 7) is 4.80. The molecule has 0 aliphatic heterocycles. The number of ether oxygens (including phenoxy) is 1. The predicted molar refractivity (Wildman–Crippen MR) is 150 cm³/mol. The maximum atomic E-state index is 12.0. The number of fused-ring (bicyclic) bond motifs is 2. The molecule has 0 radical (unpaired) electrons. The third kappa shape index (κ3) is 5.65. The molecule has 0 aliphatic carbocycles. The molecule has 0 amide bonds. The van der Waals surface area contributed by atoms with Gasteiger partial charge in [-0.1, -0.05) is 36.4 Å².